The quantitative estimate of drug-likeness (QED) is 0.666. The van der Waals surface area contributed by atoms with Crippen molar-refractivity contribution in [2.24, 2.45) is 0 Å². The van der Waals surface area contributed by atoms with E-state index in [9.17, 15) is 4.79 Å². The fourth-order valence-electron chi connectivity index (χ4n) is 2.04. The standard InChI is InChI=1S/C17H19NO2/c1-3-11-20-16-10-5-4-7-14(16)17(19)13-8-6-9-15(18)12(13)2/h4-10H,3,11,18H2,1-2H3. The number of ketones is 1. The lowest BCUT2D eigenvalue weighted by Gasteiger charge is -2.12. The summed E-state index contributed by atoms with van der Waals surface area (Å²) in [5, 5.41) is 0. The maximum absolute atomic E-state index is 12.7. The van der Waals surface area contributed by atoms with Crippen LogP contribution in [0, 0.1) is 6.92 Å². The van der Waals surface area contributed by atoms with Gasteiger partial charge >= 0.3 is 0 Å². The molecule has 0 amide bonds. The lowest BCUT2D eigenvalue weighted by Crippen LogP contribution is -2.08. The third-order valence-electron chi connectivity index (χ3n) is 3.21. The molecule has 0 aliphatic heterocycles. The number of nitrogens with two attached hydrogens (primary N) is 1. The zero-order valence-electron chi connectivity index (χ0n) is 11.8. The Kier molecular flexibility index (Phi) is 4.41. The van der Waals surface area contributed by atoms with Crippen molar-refractivity contribution in [1.29, 1.82) is 0 Å². The van der Waals surface area contributed by atoms with Crippen molar-refractivity contribution in [3.8, 4) is 5.75 Å². The Morgan fingerprint density at radius 1 is 1.10 bits per heavy atom. The Morgan fingerprint density at radius 3 is 2.55 bits per heavy atom. The lowest BCUT2D eigenvalue weighted by atomic mass is 9.97. The molecule has 0 atom stereocenters. The van der Waals surface area contributed by atoms with Crippen LogP contribution >= 0.6 is 0 Å². The summed E-state index contributed by atoms with van der Waals surface area (Å²) < 4.78 is 5.65. The van der Waals surface area contributed by atoms with E-state index in [2.05, 4.69) is 0 Å². The molecule has 0 heterocycles. The van der Waals surface area contributed by atoms with Crippen LogP contribution in [0.3, 0.4) is 0 Å². The van der Waals surface area contributed by atoms with E-state index in [1.165, 1.54) is 0 Å². The molecule has 0 bridgehead atoms. The van der Waals surface area contributed by atoms with Gasteiger partial charge in [0.2, 0.25) is 0 Å². The SMILES string of the molecule is CCCOc1ccccc1C(=O)c1cccc(N)c1C. The second-order valence-corrected chi connectivity index (χ2v) is 4.69. The van der Waals surface area contributed by atoms with Gasteiger partial charge in [0.15, 0.2) is 5.78 Å². The van der Waals surface area contributed by atoms with Crippen LogP contribution in [0.5, 0.6) is 5.75 Å². The average molecular weight is 269 g/mol. The molecule has 20 heavy (non-hydrogen) atoms. The summed E-state index contributed by atoms with van der Waals surface area (Å²) in [6.07, 6.45) is 0.903. The second kappa shape index (κ2) is 6.24. The number of para-hydroxylation sites is 1. The minimum absolute atomic E-state index is 0.0542. The molecule has 0 aliphatic rings. The normalized spacial score (nSPS) is 10.3. The number of anilines is 1. The molecule has 104 valence electrons. The number of benzene rings is 2. The first-order valence-electron chi connectivity index (χ1n) is 6.76. The molecule has 0 fully saturated rings. The summed E-state index contributed by atoms with van der Waals surface area (Å²) in [6, 6.07) is 12.7. The smallest absolute Gasteiger partial charge is 0.197 e. The summed E-state index contributed by atoms with van der Waals surface area (Å²) in [6.45, 7) is 4.49. The molecule has 0 unspecified atom stereocenters. The van der Waals surface area contributed by atoms with Gasteiger partial charge < -0.3 is 10.5 Å². The molecular formula is C17H19NO2. The van der Waals surface area contributed by atoms with Crippen molar-refractivity contribution in [3.05, 3.63) is 59.2 Å². The lowest BCUT2D eigenvalue weighted by molar-refractivity contribution is 0.103. The molecule has 0 saturated carbocycles. The van der Waals surface area contributed by atoms with Gasteiger partial charge in [0.25, 0.3) is 0 Å². The zero-order chi connectivity index (χ0) is 14.5. The molecule has 2 rings (SSSR count). The van der Waals surface area contributed by atoms with Crippen molar-refractivity contribution < 1.29 is 9.53 Å². The van der Waals surface area contributed by atoms with Crippen LogP contribution in [0.2, 0.25) is 0 Å². The van der Waals surface area contributed by atoms with E-state index >= 15 is 0 Å². The highest BCUT2D eigenvalue weighted by atomic mass is 16.5. The molecule has 2 aromatic rings. The summed E-state index contributed by atoms with van der Waals surface area (Å²) >= 11 is 0. The first-order chi connectivity index (χ1) is 9.65. The summed E-state index contributed by atoms with van der Waals surface area (Å²) in [7, 11) is 0. The molecular weight excluding hydrogens is 250 g/mol. The molecule has 0 spiro atoms. The molecule has 0 radical (unpaired) electrons. The van der Waals surface area contributed by atoms with E-state index in [0.29, 0.717) is 29.2 Å². The monoisotopic (exact) mass is 269 g/mol. The van der Waals surface area contributed by atoms with Gasteiger partial charge in [0, 0.05) is 11.3 Å². The molecule has 0 saturated heterocycles. The molecule has 0 aromatic heterocycles. The van der Waals surface area contributed by atoms with Crippen molar-refractivity contribution in [2.45, 2.75) is 20.3 Å². The van der Waals surface area contributed by atoms with Crippen LogP contribution < -0.4 is 10.5 Å². The number of hydrogen-bond donors (Lipinski definition) is 1. The molecule has 2 aromatic carbocycles. The molecule has 3 nitrogen and oxygen atoms in total. The highest BCUT2D eigenvalue weighted by Gasteiger charge is 2.16. The van der Waals surface area contributed by atoms with E-state index in [1.807, 2.05) is 32.0 Å². The number of hydrogen-bond acceptors (Lipinski definition) is 3. The Hall–Kier alpha value is -2.29. The van der Waals surface area contributed by atoms with Crippen molar-refractivity contribution in [1.82, 2.24) is 0 Å². The topological polar surface area (TPSA) is 52.3 Å². The largest absolute Gasteiger partial charge is 0.493 e. The molecule has 0 aliphatic carbocycles. The van der Waals surface area contributed by atoms with Crippen LogP contribution in [-0.4, -0.2) is 12.4 Å². The summed E-state index contributed by atoms with van der Waals surface area (Å²) in [4.78, 5) is 12.7. The van der Waals surface area contributed by atoms with Crippen LogP contribution in [0.15, 0.2) is 42.5 Å². The van der Waals surface area contributed by atoms with Gasteiger partial charge in [-0.25, -0.2) is 0 Å². The fourth-order valence-corrected chi connectivity index (χ4v) is 2.04. The average Bonchev–Trinajstić information content (AvgIpc) is 2.47. The minimum atomic E-state index is -0.0542. The Bertz CT molecular complexity index is 620. The third-order valence-corrected chi connectivity index (χ3v) is 3.21. The first-order valence-corrected chi connectivity index (χ1v) is 6.76. The van der Waals surface area contributed by atoms with Crippen LogP contribution in [0.1, 0.15) is 34.8 Å². The fraction of sp³-hybridized carbons (Fsp3) is 0.235. The Labute approximate surface area is 119 Å². The number of ether oxygens (including phenoxy) is 1. The van der Waals surface area contributed by atoms with Gasteiger partial charge in [0.1, 0.15) is 5.75 Å². The second-order valence-electron chi connectivity index (χ2n) is 4.69. The predicted octanol–water partition coefficient (Wildman–Crippen LogP) is 3.60. The van der Waals surface area contributed by atoms with Gasteiger partial charge in [-0.2, -0.15) is 0 Å². The van der Waals surface area contributed by atoms with Crippen molar-refractivity contribution in [3.63, 3.8) is 0 Å². The third kappa shape index (κ3) is 2.82. The van der Waals surface area contributed by atoms with E-state index in [4.69, 9.17) is 10.5 Å². The summed E-state index contributed by atoms with van der Waals surface area (Å²) in [5.41, 5.74) is 8.51. The van der Waals surface area contributed by atoms with Crippen molar-refractivity contribution >= 4 is 11.5 Å². The van der Waals surface area contributed by atoms with Gasteiger partial charge in [0.05, 0.1) is 12.2 Å². The van der Waals surface area contributed by atoms with Crippen molar-refractivity contribution in [2.75, 3.05) is 12.3 Å². The van der Waals surface area contributed by atoms with Crippen LogP contribution in [0.25, 0.3) is 0 Å². The van der Waals surface area contributed by atoms with Gasteiger partial charge in [-0.3, -0.25) is 4.79 Å². The maximum Gasteiger partial charge on any atom is 0.197 e. The van der Waals surface area contributed by atoms with E-state index in [1.54, 1.807) is 24.3 Å². The van der Waals surface area contributed by atoms with Gasteiger partial charge in [-0.1, -0.05) is 31.2 Å². The van der Waals surface area contributed by atoms with E-state index < -0.39 is 0 Å². The van der Waals surface area contributed by atoms with Crippen LogP contribution in [0.4, 0.5) is 5.69 Å². The van der Waals surface area contributed by atoms with Gasteiger partial charge in [-0.05, 0) is 37.1 Å². The molecule has 3 heteroatoms. The maximum atomic E-state index is 12.7. The predicted molar refractivity (Wildman–Crippen MR) is 81.3 cm³/mol. The Morgan fingerprint density at radius 2 is 1.80 bits per heavy atom. The first kappa shape index (κ1) is 14.1. The number of nitrogen functional groups attached to an aromatic ring is 1. The zero-order valence-corrected chi connectivity index (χ0v) is 11.8. The Balaban J connectivity index is 2.40. The minimum Gasteiger partial charge on any atom is -0.493 e. The number of carbonyl (C=O) groups excluding carboxylic acids is 1. The molecule has 2 N–H and O–H groups in total. The van der Waals surface area contributed by atoms with Gasteiger partial charge in [-0.15, -0.1) is 0 Å². The van der Waals surface area contributed by atoms with E-state index in [0.717, 1.165) is 12.0 Å². The van der Waals surface area contributed by atoms with E-state index in [-0.39, 0.29) is 5.78 Å². The number of carbonyl (C=O) groups is 1. The highest BCUT2D eigenvalue weighted by molar-refractivity contribution is 6.12. The van der Waals surface area contributed by atoms with Crippen LogP contribution in [-0.2, 0) is 0 Å². The number of rotatable bonds is 5. The summed E-state index contributed by atoms with van der Waals surface area (Å²) in [5.74, 6) is 0.572. The highest BCUT2D eigenvalue weighted by Crippen LogP contribution is 2.25.